The maximum atomic E-state index is 5.62. The van der Waals surface area contributed by atoms with Gasteiger partial charge in [-0.05, 0) is 6.07 Å². The second-order valence-corrected chi connectivity index (χ2v) is 5.24. The molecule has 7 heteroatoms. The van der Waals surface area contributed by atoms with Crippen LogP contribution in [0.25, 0.3) is 0 Å². The number of nitrogens with zero attached hydrogens (tertiary/aromatic N) is 5. The minimum atomic E-state index is 0.166. The van der Waals surface area contributed by atoms with Gasteiger partial charge in [-0.2, -0.15) is 9.47 Å². The molecule has 1 atom stereocenters. The highest BCUT2D eigenvalue weighted by Gasteiger charge is 2.29. The van der Waals surface area contributed by atoms with Crippen molar-refractivity contribution in [3.63, 3.8) is 0 Å². The van der Waals surface area contributed by atoms with Crippen molar-refractivity contribution in [2.45, 2.75) is 19.4 Å². The number of ether oxygens (including phenoxy) is 1. The Balaban J connectivity index is 1.91. The third-order valence-electron chi connectivity index (χ3n) is 3.35. The summed E-state index contributed by atoms with van der Waals surface area (Å²) < 4.78 is 11.9. The Bertz CT molecular complexity index is 552. The first kappa shape index (κ1) is 12.6. The number of hydrogen-bond acceptors (Lipinski definition) is 6. The summed E-state index contributed by atoms with van der Waals surface area (Å²) in [5, 5.41) is 5.22. The first-order valence-corrected chi connectivity index (χ1v) is 7.21. The molecule has 19 heavy (non-hydrogen) atoms. The topological polar surface area (TPSA) is 56.1 Å². The molecule has 0 amide bonds. The summed E-state index contributed by atoms with van der Waals surface area (Å²) in [4.78, 5) is 6.87. The quantitative estimate of drug-likeness (QED) is 0.850. The van der Waals surface area contributed by atoms with E-state index in [4.69, 9.17) is 4.74 Å². The van der Waals surface area contributed by atoms with Gasteiger partial charge in [0.2, 0.25) is 5.13 Å². The van der Waals surface area contributed by atoms with E-state index < -0.39 is 0 Å². The minimum absolute atomic E-state index is 0.166. The highest BCUT2D eigenvalue weighted by molar-refractivity contribution is 7.09. The van der Waals surface area contributed by atoms with Gasteiger partial charge >= 0.3 is 0 Å². The van der Waals surface area contributed by atoms with Crippen molar-refractivity contribution in [3.8, 4) is 0 Å². The highest BCUT2D eigenvalue weighted by atomic mass is 32.1. The van der Waals surface area contributed by atoms with Gasteiger partial charge in [-0.15, -0.1) is 0 Å². The second-order valence-electron chi connectivity index (χ2n) is 4.51. The fraction of sp³-hybridized carbons (Fsp3) is 0.583. The van der Waals surface area contributed by atoms with Crippen LogP contribution in [0.15, 0.2) is 12.3 Å². The molecule has 1 saturated heterocycles. The van der Waals surface area contributed by atoms with Gasteiger partial charge in [-0.25, -0.2) is 4.98 Å². The molecule has 1 aliphatic heterocycles. The maximum absolute atomic E-state index is 5.62. The minimum Gasteiger partial charge on any atom is -0.377 e. The lowest BCUT2D eigenvalue weighted by molar-refractivity contribution is 0.0918. The van der Waals surface area contributed by atoms with Gasteiger partial charge in [-0.1, -0.05) is 6.92 Å². The molecular weight excluding hydrogens is 262 g/mol. The zero-order valence-electron chi connectivity index (χ0n) is 11.1. The summed E-state index contributed by atoms with van der Waals surface area (Å²) >= 11 is 1.47. The predicted molar refractivity (Wildman–Crippen MR) is 73.4 cm³/mol. The van der Waals surface area contributed by atoms with E-state index >= 15 is 0 Å². The van der Waals surface area contributed by atoms with Crippen LogP contribution in [-0.2, 0) is 18.2 Å². The third kappa shape index (κ3) is 2.35. The number of rotatable bonds is 3. The molecule has 0 radical (unpaired) electrons. The van der Waals surface area contributed by atoms with Crippen molar-refractivity contribution in [3.05, 3.63) is 23.8 Å². The van der Waals surface area contributed by atoms with E-state index in [2.05, 4.69) is 26.3 Å². The first-order chi connectivity index (χ1) is 9.29. The maximum Gasteiger partial charge on any atom is 0.205 e. The summed E-state index contributed by atoms with van der Waals surface area (Å²) in [7, 11) is 1.96. The Morgan fingerprint density at radius 2 is 2.42 bits per heavy atom. The molecule has 6 nitrogen and oxygen atoms in total. The standard InChI is InChI=1S/C12H17N5OS/c1-3-11-14-12(19-15-11)17-6-7-18-8-10(17)9-4-5-13-16(9)2/h4-5,10H,3,6-8H2,1-2H3. The SMILES string of the molecule is CCc1nsc(N2CCOCC2c2ccnn2C)n1. The van der Waals surface area contributed by atoms with Gasteiger partial charge < -0.3 is 9.64 Å². The summed E-state index contributed by atoms with van der Waals surface area (Å²) in [6.07, 6.45) is 2.69. The van der Waals surface area contributed by atoms with Crippen LogP contribution in [0.2, 0.25) is 0 Å². The Morgan fingerprint density at radius 3 is 3.11 bits per heavy atom. The van der Waals surface area contributed by atoms with E-state index in [-0.39, 0.29) is 6.04 Å². The average molecular weight is 279 g/mol. The van der Waals surface area contributed by atoms with Gasteiger partial charge in [0, 0.05) is 37.7 Å². The number of aromatic nitrogens is 4. The Kier molecular flexibility index (Phi) is 3.48. The normalized spacial score (nSPS) is 19.9. The Morgan fingerprint density at radius 1 is 1.53 bits per heavy atom. The Hall–Kier alpha value is -1.47. The van der Waals surface area contributed by atoms with Crippen molar-refractivity contribution >= 4 is 16.7 Å². The van der Waals surface area contributed by atoms with Gasteiger partial charge in [0.15, 0.2) is 0 Å². The highest BCUT2D eigenvalue weighted by Crippen LogP contribution is 2.30. The molecule has 0 aliphatic carbocycles. The van der Waals surface area contributed by atoms with Gasteiger partial charge in [-0.3, -0.25) is 4.68 Å². The summed E-state index contributed by atoms with van der Waals surface area (Å²) in [5.41, 5.74) is 1.15. The van der Waals surface area contributed by atoms with E-state index in [1.54, 1.807) is 0 Å². The van der Waals surface area contributed by atoms with Gasteiger partial charge in [0.25, 0.3) is 0 Å². The summed E-state index contributed by atoms with van der Waals surface area (Å²) in [6, 6.07) is 2.20. The number of aryl methyl sites for hydroxylation is 2. The van der Waals surface area contributed by atoms with Crippen molar-refractivity contribution in [2.24, 2.45) is 7.05 Å². The van der Waals surface area contributed by atoms with Crippen LogP contribution in [-0.4, -0.2) is 38.9 Å². The third-order valence-corrected chi connectivity index (χ3v) is 4.14. The fourth-order valence-electron chi connectivity index (χ4n) is 2.29. The molecule has 0 spiro atoms. The van der Waals surface area contributed by atoms with Crippen LogP contribution in [0.4, 0.5) is 5.13 Å². The van der Waals surface area contributed by atoms with Crippen LogP contribution in [0.3, 0.4) is 0 Å². The molecule has 102 valence electrons. The smallest absolute Gasteiger partial charge is 0.205 e. The molecule has 2 aromatic rings. The summed E-state index contributed by atoms with van der Waals surface area (Å²) in [5.74, 6) is 0.912. The average Bonchev–Trinajstić information content (AvgIpc) is 3.07. The lowest BCUT2D eigenvalue weighted by Gasteiger charge is -2.35. The molecule has 3 rings (SSSR count). The van der Waals surface area contributed by atoms with Crippen LogP contribution >= 0.6 is 11.5 Å². The zero-order chi connectivity index (χ0) is 13.2. The van der Waals surface area contributed by atoms with Gasteiger partial charge in [0.05, 0.1) is 24.9 Å². The van der Waals surface area contributed by atoms with Crippen molar-refractivity contribution in [2.75, 3.05) is 24.7 Å². The van der Waals surface area contributed by atoms with E-state index in [1.165, 1.54) is 11.5 Å². The van der Waals surface area contributed by atoms with E-state index in [1.807, 2.05) is 24.0 Å². The number of morpholine rings is 1. The molecule has 1 fully saturated rings. The number of hydrogen-bond donors (Lipinski definition) is 0. The molecule has 0 saturated carbocycles. The lowest BCUT2D eigenvalue weighted by Crippen LogP contribution is -2.40. The van der Waals surface area contributed by atoms with Crippen LogP contribution < -0.4 is 4.90 Å². The lowest BCUT2D eigenvalue weighted by atomic mass is 10.1. The molecular formula is C12H17N5OS. The zero-order valence-corrected chi connectivity index (χ0v) is 11.9. The molecule has 0 bridgehead atoms. The fourth-order valence-corrected chi connectivity index (χ4v) is 3.12. The van der Waals surface area contributed by atoms with Crippen LogP contribution in [0, 0.1) is 0 Å². The number of anilines is 1. The van der Waals surface area contributed by atoms with E-state index in [9.17, 15) is 0 Å². The second kappa shape index (κ2) is 5.26. The van der Waals surface area contributed by atoms with Crippen molar-refractivity contribution < 1.29 is 4.74 Å². The van der Waals surface area contributed by atoms with E-state index in [0.29, 0.717) is 6.61 Å². The van der Waals surface area contributed by atoms with Gasteiger partial charge in [0.1, 0.15) is 5.82 Å². The molecule has 3 heterocycles. The molecule has 0 N–H and O–H groups in total. The summed E-state index contributed by atoms with van der Waals surface area (Å²) in [6.45, 7) is 4.31. The van der Waals surface area contributed by atoms with Crippen LogP contribution in [0.1, 0.15) is 24.5 Å². The van der Waals surface area contributed by atoms with Crippen molar-refractivity contribution in [1.82, 2.24) is 19.1 Å². The largest absolute Gasteiger partial charge is 0.377 e. The van der Waals surface area contributed by atoms with Crippen molar-refractivity contribution in [1.29, 1.82) is 0 Å². The van der Waals surface area contributed by atoms with E-state index in [0.717, 1.165) is 36.2 Å². The molecule has 1 unspecified atom stereocenters. The molecule has 0 aromatic carbocycles. The monoisotopic (exact) mass is 279 g/mol. The Labute approximate surface area is 116 Å². The first-order valence-electron chi connectivity index (χ1n) is 6.44. The molecule has 2 aromatic heterocycles. The predicted octanol–water partition coefficient (Wildman–Crippen LogP) is 1.41. The van der Waals surface area contributed by atoms with Crippen LogP contribution in [0.5, 0.6) is 0 Å². The molecule has 1 aliphatic rings.